The molecule has 0 saturated carbocycles. The number of anilines is 4. The summed E-state index contributed by atoms with van der Waals surface area (Å²) in [4.78, 5) is 23.4. The molecule has 1 unspecified atom stereocenters. The Morgan fingerprint density at radius 2 is 1.54 bits per heavy atom. The lowest BCUT2D eigenvalue weighted by atomic mass is 10.1. The maximum Gasteiger partial charge on any atom is 0.444 e. The van der Waals surface area contributed by atoms with Crippen molar-refractivity contribution >= 4 is 94.6 Å². The highest BCUT2D eigenvalue weighted by Gasteiger charge is 2.23. The monoisotopic (exact) mass is 859 g/mol. The zero-order valence-electron chi connectivity index (χ0n) is 28.4. The van der Waals surface area contributed by atoms with Crippen molar-refractivity contribution in [1.82, 2.24) is 15.0 Å². The number of nitrogens with zero attached hydrogens (tertiary/aromatic N) is 6. The van der Waals surface area contributed by atoms with E-state index in [1.807, 2.05) is 0 Å². The van der Waals surface area contributed by atoms with E-state index in [9.17, 15) is 49.7 Å². The third-order valence-corrected chi connectivity index (χ3v) is 10.1. The largest absolute Gasteiger partial charge is 0.505 e. The first kappa shape index (κ1) is 40.3. The summed E-state index contributed by atoms with van der Waals surface area (Å²) in [5, 5.41) is 34.2. The summed E-state index contributed by atoms with van der Waals surface area (Å²) in [5.74, 6) is -2.72. The number of carboxylic acids is 1. The molecule has 57 heavy (non-hydrogen) atoms. The second kappa shape index (κ2) is 16.0. The SMILES string of the molecule is COc1ccc(N=Nc2c(OS(=O)O)cc3cc(Nc4nc(Nc5ccc(Cl)c(S(=O)(=O)O)c5)nc(-[n+]5cccc(C(=O)O)c5)n4)ccc3c2O)c(S(=O)(=O)O)c1. The van der Waals surface area contributed by atoms with Crippen LogP contribution in [0.4, 0.5) is 34.6 Å². The van der Waals surface area contributed by atoms with E-state index in [0.717, 1.165) is 18.2 Å². The van der Waals surface area contributed by atoms with Crippen LogP contribution in [0.5, 0.6) is 17.2 Å². The molecule has 6 aromatic rings. The van der Waals surface area contributed by atoms with Gasteiger partial charge in [0.15, 0.2) is 17.2 Å². The van der Waals surface area contributed by atoms with Gasteiger partial charge in [0.1, 0.15) is 21.2 Å². The van der Waals surface area contributed by atoms with Crippen LogP contribution in [0.3, 0.4) is 0 Å². The number of fused-ring (bicyclic) bond motifs is 1. The average Bonchev–Trinajstić information content (AvgIpc) is 3.14. The Hall–Kier alpha value is -6.41. The molecule has 0 bridgehead atoms. The molecular formula is C32H24ClN8O13S3+. The molecule has 0 amide bonds. The number of phenolic OH excluding ortho intramolecular Hbond substituents is 1. The second-order valence-corrected chi connectivity index (χ2v) is 15.1. The molecule has 0 aliphatic rings. The number of carbonyl (C=O) groups is 1. The van der Waals surface area contributed by atoms with Crippen molar-refractivity contribution < 1.29 is 63.2 Å². The summed E-state index contributed by atoms with van der Waals surface area (Å²) in [6.07, 6.45) is 2.68. The van der Waals surface area contributed by atoms with E-state index in [1.54, 1.807) is 0 Å². The fourth-order valence-corrected chi connectivity index (χ4v) is 6.96. The molecule has 4 aromatic carbocycles. The number of halogens is 1. The first-order valence-electron chi connectivity index (χ1n) is 15.4. The molecule has 6 rings (SSSR count). The number of aromatic hydroxyl groups is 1. The fraction of sp³-hybridized carbons (Fsp3) is 0.0312. The Kier molecular flexibility index (Phi) is 11.3. The second-order valence-electron chi connectivity index (χ2n) is 11.3. The number of methoxy groups -OCH3 is 1. The van der Waals surface area contributed by atoms with Crippen LogP contribution in [-0.2, 0) is 31.6 Å². The van der Waals surface area contributed by atoms with Gasteiger partial charge in [-0.25, -0.2) is 9.36 Å². The van der Waals surface area contributed by atoms with Crippen molar-refractivity contribution in [2.24, 2.45) is 10.2 Å². The highest BCUT2D eigenvalue weighted by Crippen LogP contribution is 2.45. The minimum Gasteiger partial charge on any atom is -0.505 e. The molecular weight excluding hydrogens is 836 g/mol. The van der Waals surface area contributed by atoms with Crippen molar-refractivity contribution in [3.05, 3.63) is 95.8 Å². The molecule has 25 heteroatoms. The van der Waals surface area contributed by atoms with E-state index in [1.165, 1.54) is 78.7 Å². The van der Waals surface area contributed by atoms with Gasteiger partial charge in [-0.2, -0.15) is 21.0 Å². The van der Waals surface area contributed by atoms with E-state index < -0.39 is 64.5 Å². The molecule has 1 atom stereocenters. The van der Waals surface area contributed by atoms with Crippen LogP contribution in [0, 0.1) is 0 Å². The molecule has 0 aliphatic carbocycles. The van der Waals surface area contributed by atoms with Gasteiger partial charge >= 0.3 is 35.2 Å². The van der Waals surface area contributed by atoms with E-state index >= 15 is 0 Å². The van der Waals surface area contributed by atoms with E-state index in [4.69, 9.17) is 20.5 Å². The highest BCUT2D eigenvalue weighted by atomic mass is 35.5. The Morgan fingerprint density at radius 1 is 0.877 bits per heavy atom. The number of aromatic carboxylic acids is 1. The number of nitrogens with one attached hydrogen (secondary N) is 2. The molecule has 2 heterocycles. The standard InChI is InChI=1S/C32H23ClN8O13S3/c1-53-20-6-9-23(26(14-20)57(50,51)52)39-40-27-24(54-55(45)46)12-17-11-18(4-7-21(17)28(27)42)34-30-36-31(35-19-5-8-22(33)25(13-19)56(47,48)49)38-32(37-30)41-10-2-3-16(15-41)29(43)44/h2-15H,1H3,(H6-,34,35,36,37,38,39,42,43,44,45,46,47,48,49,50,51,52)/p+1. The number of rotatable bonds is 13. The summed E-state index contributed by atoms with van der Waals surface area (Å²) in [5.41, 5.74) is -0.655. The molecule has 294 valence electrons. The molecule has 0 fully saturated rings. The lowest BCUT2D eigenvalue weighted by molar-refractivity contribution is -0.603. The van der Waals surface area contributed by atoms with Crippen LogP contribution in [0.25, 0.3) is 16.7 Å². The van der Waals surface area contributed by atoms with Gasteiger partial charge in [0.25, 0.3) is 20.2 Å². The lowest BCUT2D eigenvalue weighted by Gasteiger charge is -2.11. The maximum atomic E-state index is 12.0. The van der Waals surface area contributed by atoms with Gasteiger partial charge in [-0.3, -0.25) is 13.7 Å². The zero-order chi connectivity index (χ0) is 41.2. The van der Waals surface area contributed by atoms with Crippen molar-refractivity contribution in [3.63, 3.8) is 0 Å². The summed E-state index contributed by atoms with van der Waals surface area (Å²) in [6.45, 7) is 0. The number of azo groups is 1. The van der Waals surface area contributed by atoms with Crippen molar-refractivity contribution in [3.8, 4) is 23.2 Å². The number of hydrogen-bond acceptors (Lipinski definition) is 16. The van der Waals surface area contributed by atoms with Crippen molar-refractivity contribution in [2.45, 2.75) is 9.79 Å². The normalized spacial score (nSPS) is 12.4. The summed E-state index contributed by atoms with van der Waals surface area (Å²) < 4.78 is 99.6. The van der Waals surface area contributed by atoms with Gasteiger partial charge in [0.2, 0.25) is 0 Å². The number of hydrogen-bond donors (Lipinski definition) is 7. The molecule has 2 aromatic heterocycles. The van der Waals surface area contributed by atoms with Crippen LogP contribution in [0.2, 0.25) is 5.02 Å². The van der Waals surface area contributed by atoms with Gasteiger partial charge < -0.3 is 29.8 Å². The number of phenols is 1. The van der Waals surface area contributed by atoms with Crippen LogP contribution >= 0.6 is 11.6 Å². The lowest BCUT2D eigenvalue weighted by Crippen LogP contribution is -2.34. The van der Waals surface area contributed by atoms with Crippen molar-refractivity contribution in [1.29, 1.82) is 0 Å². The minimum absolute atomic E-state index is 0.0714. The van der Waals surface area contributed by atoms with Crippen LogP contribution in [0.1, 0.15) is 10.4 Å². The number of carboxylic acid groups (broad SMARTS) is 1. The summed E-state index contributed by atoms with van der Waals surface area (Å²) >= 11 is 3.00. The number of pyridine rings is 1. The molecule has 7 N–H and O–H groups in total. The predicted molar refractivity (Wildman–Crippen MR) is 200 cm³/mol. The van der Waals surface area contributed by atoms with E-state index in [0.29, 0.717) is 0 Å². The summed E-state index contributed by atoms with van der Waals surface area (Å²) in [6, 6.07) is 15.4. The number of ether oxygens (including phenoxy) is 1. The van der Waals surface area contributed by atoms with Crippen LogP contribution < -0.4 is 24.1 Å². The summed E-state index contributed by atoms with van der Waals surface area (Å²) in [7, 11) is -8.28. The third kappa shape index (κ3) is 9.35. The molecule has 0 radical (unpaired) electrons. The Morgan fingerprint density at radius 3 is 2.18 bits per heavy atom. The van der Waals surface area contributed by atoms with Crippen LogP contribution in [0.15, 0.2) is 105 Å². The third-order valence-electron chi connectivity index (χ3n) is 7.54. The van der Waals surface area contributed by atoms with Gasteiger partial charge in [-0.1, -0.05) is 11.6 Å². The highest BCUT2D eigenvalue weighted by molar-refractivity contribution is 7.86. The van der Waals surface area contributed by atoms with E-state index in [2.05, 4.69) is 35.8 Å². The fourth-order valence-electron chi connectivity index (χ4n) is 5.04. The maximum absolute atomic E-state index is 12.0. The molecule has 0 saturated heterocycles. The van der Waals surface area contributed by atoms with Crippen molar-refractivity contribution in [2.75, 3.05) is 17.7 Å². The Bertz CT molecular complexity index is 2880. The van der Waals surface area contributed by atoms with Gasteiger partial charge in [-0.15, -0.1) is 15.2 Å². The minimum atomic E-state index is -4.83. The van der Waals surface area contributed by atoms with Gasteiger partial charge in [0.05, 0.1) is 30.1 Å². The quantitative estimate of drug-likeness (QED) is 0.0336. The first-order valence-corrected chi connectivity index (χ1v) is 19.7. The van der Waals surface area contributed by atoms with Gasteiger partial charge in [-0.05, 0) is 82.1 Å². The molecule has 0 aliphatic heterocycles. The Labute approximate surface area is 328 Å². The zero-order valence-corrected chi connectivity index (χ0v) is 31.6. The molecule has 21 nitrogen and oxygen atoms in total. The van der Waals surface area contributed by atoms with Gasteiger partial charge in [0, 0.05) is 22.8 Å². The number of aromatic nitrogens is 4. The molecule has 0 spiro atoms. The van der Waals surface area contributed by atoms with E-state index in [-0.39, 0.29) is 62.0 Å². The average molecular weight is 860 g/mol. The first-order chi connectivity index (χ1) is 26.9. The topological polar surface area (TPSA) is 313 Å². The Balaban J connectivity index is 1.41. The predicted octanol–water partition coefficient (Wildman–Crippen LogP) is 5.28. The number of benzene rings is 4. The smallest absolute Gasteiger partial charge is 0.444 e. The van der Waals surface area contributed by atoms with Crippen LogP contribution in [-0.4, -0.2) is 72.9 Å².